The lowest BCUT2D eigenvalue weighted by Gasteiger charge is -2.15. The van der Waals surface area contributed by atoms with Crippen LogP contribution < -0.4 is 5.32 Å². The molecule has 1 amide bonds. The zero-order valence-corrected chi connectivity index (χ0v) is 16.8. The highest BCUT2D eigenvalue weighted by molar-refractivity contribution is 9.10. The molecule has 0 spiro atoms. The number of aliphatic carboxylic acids is 1. The molecule has 150 valence electrons. The SMILES string of the molecule is O=C(O)C[C@@H](Cc1cccc(Br)c1)n1cc(CNC(=O)c2ccc(F)cc2)nn1. The Hall–Kier alpha value is -3.07. The lowest BCUT2D eigenvalue weighted by atomic mass is 10.0. The van der Waals surface area contributed by atoms with E-state index >= 15 is 0 Å². The number of carbonyl (C=O) groups excluding carboxylic acids is 1. The number of nitrogens with one attached hydrogen (secondary N) is 1. The number of rotatable bonds is 8. The van der Waals surface area contributed by atoms with Crippen molar-refractivity contribution in [1.82, 2.24) is 20.3 Å². The zero-order valence-electron chi connectivity index (χ0n) is 15.3. The molecule has 0 aliphatic rings. The number of carboxylic acids is 1. The molecule has 0 radical (unpaired) electrons. The second kappa shape index (κ2) is 9.42. The van der Waals surface area contributed by atoms with Crippen LogP contribution in [0.15, 0.2) is 59.2 Å². The normalized spacial score (nSPS) is 11.8. The van der Waals surface area contributed by atoms with Crippen LogP contribution in [-0.4, -0.2) is 32.0 Å². The lowest BCUT2D eigenvalue weighted by Crippen LogP contribution is -2.23. The lowest BCUT2D eigenvalue weighted by molar-refractivity contribution is -0.138. The third-order valence-electron chi connectivity index (χ3n) is 4.24. The van der Waals surface area contributed by atoms with Gasteiger partial charge in [-0.2, -0.15) is 0 Å². The van der Waals surface area contributed by atoms with Gasteiger partial charge in [-0.3, -0.25) is 9.59 Å². The topological polar surface area (TPSA) is 97.1 Å². The number of amides is 1. The Labute approximate surface area is 174 Å². The van der Waals surface area contributed by atoms with Crippen LogP contribution in [0.25, 0.3) is 0 Å². The highest BCUT2D eigenvalue weighted by Crippen LogP contribution is 2.20. The van der Waals surface area contributed by atoms with E-state index in [2.05, 4.69) is 31.6 Å². The summed E-state index contributed by atoms with van der Waals surface area (Å²) < 4.78 is 15.4. The summed E-state index contributed by atoms with van der Waals surface area (Å²) in [6, 6.07) is 12.4. The number of benzene rings is 2. The molecule has 0 bridgehead atoms. The van der Waals surface area contributed by atoms with Crippen LogP contribution in [0.3, 0.4) is 0 Å². The molecule has 0 aliphatic carbocycles. The van der Waals surface area contributed by atoms with Gasteiger partial charge in [-0.25, -0.2) is 9.07 Å². The molecular formula is C20H18BrFN4O3. The first-order chi connectivity index (χ1) is 13.9. The Kier molecular flexibility index (Phi) is 6.71. The predicted octanol–water partition coefficient (Wildman–Crippen LogP) is 3.37. The van der Waals surface area contributed by atoms with E-state index < -0.39 is 17.8 Å². The molecule has 0 fully saturated rings. The maximum atomic E-state index is 13.0. The number of aromatic nitrogens is 3. The van der Waals surface area contributed by atoms with E-state index in [1.54, 1.807) is 6.20 Å². The Morgan fingerprint density at radius 1 is 1.21 bits per heavy atom. The van der Waals surface area contributed by atoms with E-state index in [0.29, 0.717) is 17.7 Å². The quantitative estimate of drug-likeness (QED) is 0.536. The minimum atomic E-state index is -0.938. The Balaban J connectivity index is 1.67. The van der Waals surface area contributed by atoms with Gasteiger partial charge >= 0.3 is 5.97 Å². The van der Waals surface area contributed by atoms with Gasteiger partial charge in [0.1, 0.15) is 11.5 Å². The number of hydrogen-bond donors (Lipinski definition) is 2. The molecule has 9 heteroatoms. The highest BCUT2D eigenvalue weighted by atomic mass is 79.9. The van der Waals surface area contributed by atoms with Crippen molar-refractivity contribution in [2.75, 3.05) is 0 Å². The Morgan fingerprint density at radius 2 is 1.97 bits per heavy atom. The van der Waals surface area contributed by atoms with Crippen molar-refractivity contribution in [2.24, 2.45) is 0 Å². The largest absolute Gasteiger partial charge is 0.481 e. The number of carboxylic acid groups (broad SMARTS) is 1. The van der Waals surface area contributed by atoms with Crippen molar-refractivity contribution in [1.29, 1.82) is 0 Å². The predicted molar refractivity (Wildman–Crippen MR) is 107 cm³/mol. The van der Waals surface area contributed by atoms with Gasteiger partial charge in [-0.15, -0.1) is 5.10 Å². The molecule has 29 heavy (non-hydrogen) atoms. The monoisotopic (exact) mass is 460 g/mol. The van der Waals surface area contributed by atoms with Crippen LogP contribution in [0.1, 0.15) is 34.1 Å². The second-order valence-corrected chi connectivity index (χ2v) is 7.38. The van der Waals surface area contributed by atoms with Crippen molar-refractivity contribution in [2.45, 2.75) is 25.4 Å². The number of carbonyl (C=O) groups is 2. The summed E-state index contributed by atoms with van der Waals surface area (Å²) in [5.74, 6) is -1.72. The second-order valence-electron chi connectivity index (χ2n) is 6.47. The van der Waals surface area contributed by atoms with Gasteiger partial charge in [0.15, 0.2) is 0 Å². The smallest absolute Gasteiger partial charge is 0.305 e. The van der Waals surface area contributed by atoms with Gasteiger partial charge in [0, 0.05) is 10.0 Å². The maximum absolute atomic E-state index is 13.0. The van der Waals surface area contributed by atoms with E-state index in [9.17, 15) is 19.1 Å². The third-order valence-corrected chi connectivity index (χ3v) is 4.73. The first-order valence-electron chi connectivity index (χ1n) is 8.81. The van der Waals surface area contributed by atoms with Gasteiger partial charge in [-0.05, 0) is 48.4 Å². The average molecular weight is 461 g/mol. The molecule has 2 N–H and O–H groups in total. The van der Waals surface area contributed by atoms with Crippen molar-refractivity contribution >= 4 is 27.8 Å². The Morgan fingerprint density at radius 3 is 2.66 bits per heavy atom. The molecule has 1 atom stereocenters. The van der Waals surface area contributed by atoms with E-state index in [-0.39, 0.29) is 18.9 Å². The average Bonchev–Trinajstić information content (AvgIpc) is 3.15. The van der Waals surface area contributed by atoms with Crippen LogP contribution in [-0.2, 0) is 17.8 Å². The highest BCUT2D eigenvalue weighted by Gasteiger charge is 2.18. The molecule has 0 aliphatic heterocycles. The van der Waals surface area contributed by atoms with Crippen molar-refractivity contribution in [3.05, 3.63) is 81.8 Å². The van der Waals surface area contributed by atoms with Gasteiger partial charge in [0.2, 0.25) is 0 Å². The molecule has 3 aromatic rings. The van der Waals surface area contributed by atoms with Crippen LogP contribution in [0.5, 0.6) is 0 Å². The molecule has 0 unspecified atom stereocenters. The minimum Gasteiger partial charge on any atom is -0.481 e. The van der Waals surface area contributed by atoms with Gasteiger partial charge in [0.05, 0.1) is 25.2 Å². The van der Waals surface area contributed by atoms with Crippen molar-refractivity contribution < 1.29 is 19.1 Å². The van der Waals surface area contributed by atoms with E-state index in [0.717, 1.165) is 10.0 Å². The fourth-order valence-corrected chi connectivity index (χ4v) is 3.29. The van der Waals surface area contributed by atoms with Gasteiger partial charge < -0.3 is 10.4 Å². The standard InChI is InChI=1S/C20H18BrFN4O3/c21-15-3-1-2-13(8-15)9-18(10-19(27)28)26-12-17(24-25-26)11-23-20(29)14-4-6-16(22)7-5-14/h1-8,12,18H,9-11H2,(H,23,29)(H,27,28)/t18-/m1/s1. The molecular weight excluding hydrogens is 443 g/mol. The van der Waals surface area contributed by atoms with E-state index in [1.165, 1.54) is 28.9 Å². The number of halogens is 2. The Bertz CT molecular complexity index is 1010. The van der Waals surface area contributed by atoms with E-state index in [4.69, 9.17) is 0 Å². The van der Waals surface area contributed by atoms with Gasteiger partial charge in [-0.1, -0.05) is 33.3 Å². The van der Waals surface area contributed by atoms with Crippen LogP contribution in [0, 0.1) is 5.82 Å². The summed E-state index contributed by atoms with van der Waals surface area (Å²) in [5, 5.41) is 20.0. The number of nitrogens with zero attached hydrogens (tertiary/aromatic N) is 3. The summed E-state index contributed by atoms with van der Waals surface area (Å²) in [6.07, 6.45) is 1.98. The zero-order chi connectivity index (χ0) is 20.8. The summed E-state index contributed by atoms with van der Waals surface area (Å²) in [6.45, 7) is 0.118. The summed E-state index contributed by atoms with van der Waals surface area (Å²) in [7, 11) is 0. The third kappa shape index (κ3) is 5.95. The maximum Gasteiger partial charge on any atom is 0.305 e. The molecule has 1 aromatic heterocycles. The summed E-state index contributed by atoms with van der Waals surface area (Å²) in [4.78, 5) is 23.4. The molecule has 1 heterocycles. The van der Waals surface area contributed by atoms with E-state index in [1.807, 2.05) is 24.3 Å². The van der Waals surface area contributed by atoms with Crippen LogP contribution in [0.2, 0.25) is 0 Å². The van der Waals surface area contributed by atoms with Crippen LogP contribution >= 0.6 is 15.9 Å². The summed E-state index contributed by atoms with van der Waals surface area (Å²) >= 11 is 3.41. The van der Waals surface area contributed by atoms with Gasteiger partial charge in [0.25, 0.3) is 5.91 Å². The first-order valence-corrected chi connectivity index (χ1v) is 9.60. The van der Waals surface area contributed by atoms with Crippen molar-refractivity contribution in [3.8, 4) is 0 Å². The van der Waals surface area contributed by atoms with Crippen LogP contribution in [0.4, 0.5) is 4.39 Å². The summed E-state index contributed by atoms with van der Waals surface area (Å²) in [5.41, 5.74) is 1.79. The fraction of sp³-hybridized carbons (Fsp3) is 0.200. The first kappa shape index (κ1) is 20.7. The molecule has 7 nitrogen and oxygen atoms in total. The molecule has 3 rings (SSSR count). The molecule has 0 saturated heterocycles. The minimum absolute atomic E-state index is 0.114. The number of hydrogen-bond acceptors (Lipinski definition) is 4. The van der Waals surface area contributed by atoms with Crippen molar-refractivity contribution in [3.63, 3.8) is 0 Å². The molecule has 0 saturated carbocycles. The fourth-order valence-electron chi connectivity index (χ4n) is 2.84. The molecule has 2 aromatic carbocycles.